The standard InChI is InChI=1S/C34H40N2O10/c1-17(37)9-7-11-21-13-23-25(15-35-21)29(41)33(5,45-19(3)39)31(43)27(23)28-24-14-22(12-8-10-18(2)38)36-16-26(24)30(42)34(6,32(28)44)46-20(4)40/h13-18,37-38,43-44H,7-12H2,1-6H3/t17-,18-,33+,34+/m0/s1. The van der Waals surface area contributed by atoms with Crippen LogP contribution >= 0.6 is 0 Å². The molecule has 2 aromatic heterocycles. The van der Waals surface area contributed by atoms with E-state index in [9.17, 15) is 39.6 Å². The van der Waals surface area contributed by atoms with Crippen LogP contribution in [0.2, 0.25) is 0 Å². The van der Waals surface area contributed by atoms with Gasteiger partial charge in [-0.15, -0.1) is 0 Å². The molecular formula is C34H40N2O10. The molecule has 0 amide bonds. The molecule has 0 saturated heterocycles. The Bertz CT molecular complexity index is 1540. The van der Waals surface area contributed by atoms with Crippen LogP contribution in [0.1, 0.15) is 110 Å². The van der Waals surface area contributed by atoms with E-state index >= 15 is 0 Å². The number of pyridine rings is 2. The van der Waals surface area contributed by atoms with Crippen LogP contribution in [0.15, 0.2) is 36.0 Å². The maximum Gasteiger partial charge on any atom is 0.304 e. The summed E-state index contributed by atoms with van der Waals surface area (Å²) in [7, 11) is 0. The summed E-state index contributed by atoms with van der Waals surface area (Å²) in [4.78, 5) is 60.9. The minimum Gasteiger partial charge on any atom is -0.507 e. The lowest BCUT2D eigenvalue weighted by Crippen LogP contribution is -2.47. The van der Waals surface area contributed by atoms with E-state index in [4.69, 9.17) is 9.47 Å². The molecule has 0 aromatic carbocycles. The molecule has 0 radical (unpaired) electrons. The highest BCUT2D eigenvalue weighted by atomic mass is 16.6. The van der Waals surface area contributed by atoms with Crippen molar-refractivity contribution in [3.05, 3.63) is 69.7 Å². The molecule has 2 heterocycles. The predicted octanol–water partition coefficient (Wildman–Crippen LogP) is 4.16. The molecule has 0 aliphatic heterocycles. The van der Waals surface area contributed by atoms with Crippen molar-refractivity contribution >= 4 is 34.7 Å². The number of aliphatic hydroxyl groups excluding tert-OH is 4. The number of carbonyl (C=O) groups is 4. The minimum atomic E-state index is -2.23. The van der Waals surface area contributed by atoms with Gasteiger partial charge in [0.15, 0.2) is 11.5 Å². The van der Waals surface area contributed by atoms with Crippen LogP contribution in [0, 0.1) is 0 Å². The summed E-state index contributed by atoms with van der Waals surface area (Å²) in [5, 5.41) is 43.3. The highest BCUT2D eigenvalue weighted by Gasteiger charge is 2.54. The van der Waals surface area contributed by atoms with Crippen molar-refractivity contribution in [2.24, 2.45) is 0 Å². The molecule has 0 bridgehead atoms. The van der Waals surface area contributed by atoms with Crippen molar-refractivity contribution in [3.63, 3.8) is 0 Å². The number of aryl methyl sites for hydroxylation is 2. The fourth-order valence-electron chi connectivity index (χ4n) is 5.94. The van der Waals surface area contributed by atoms with E-state index < -0.39 is 58.4 Å². The number of hydrogen-bond donors (Lipinski definition) is 4. The molecule has 0 unspecified atom stereocenters. The Labute approximate surface area is 266 Å². The third kappa shape index (κ3) is 6.45. The zero-order valence-corrected chi connectivity index (χ0v) is 26.8. The number of esters is 2. The van der Waals surface area contributed by atoms with Gasteiger partial charge < -0.3 is 29.9 Å². The van der Waals surface area contributed by atoms with Gasteiger partial charge in [0.25, 0.3) is 0 Å². The van der Waals surface area contributed by atoms with Crippen molar-refractivity contribution in [2.45, 2.75) is 103 Å². The number of aliphatic hydroxyl groups is 4. The Hall–Kier alpha value is -4.42. The van der Waals surface area contributed by atoms with Gasteiger partial charge in [-0.1, -0.05) is 0 Å². The van der Waals surface area contributed by atoms with Crippen LogP contribution in [0.25, 0.3) is 11.1 Å². The van der Waals surface area contributed by atoms with Gasteiger partial charge in [-0.3, -0.25) is 29.1 Å². The molecule has 12 heteroatoms. The van der Waals surface area contributed by atoms with Gasteiger partial charge in [-0.25, -0.2) is 0 Å². The minimum absolute atomic E-state index is 0.0185. The summed E-state index contributed by atoms with van der Waals surface area (Å²) in [5.41, 5.74) is -3.43. The van der Waals surface area contributed by atoms with E-state index in [0.717, 1.165) is 13.8 Å². The van der Waals surface area contributed by atoms with Gasteiger partial charge in [-0.2, -0.15) is 0 Å². The van der Waals surface area contributed by atoms with Gasteiger partial charge >= 0.3 is 11.9 Å². The lowest BCUT2D eigenvalue weighted by molar-refractivity contribution is -0.151. The van der Waals surface area contributed by atoms with E-state index in [1.165, 1.54) is 26.2 Å². The molecule has 4 atom stereocenters. The first kappa shape index (κ1) is 34.5. The summed E-state index contributed by atoms with van der Waals surface area (Å²) in [6.07, 6.45) is 4.44. The second-order valence-corrected chi connectivity index (χ2v) is 12.3. The Morgan fingerprint density at radius 2 is 1.07 bits per heavy atom. The summed E-state index contributed by atoms with van der Waals surface area (Å²) in [6.45, 7) is 7.93. The lowest BCUT2D eigenvalue weighted by Gasteiger charge is -2.38. The molecule has 4 N–H and O–H groups in total. The second kappa shape index (κ2) is 13.1. The molecule has 46 heavy (non-hydrogen) atoms. The van der Waals surface area contributed by atoms with Gasteiger partial charge in [0.05, 0.1) is 12.2 Å². The molecule has 2 aliphatic rings. The molecule has 0 fully saturated rings. The first-order chi connectivity index (χ1) is 21.5. The van der Waals surface area contributed by atoms with E-state index in [2.05, 4.69) is 9.97 Å². The molecule has 2 aromatic rings. The quantitative estimate of drug-likeness (QED) is 0.258. The van der Waals surface area contributed by atoms with Crippen molar-refractivity contribution < 1.29 is 49.1 Å². The summed E-state index contributed by atoms with van der Waals surface area (Å²) < 4.78 is 10.8. The predicted molar refractivity (Wildman–Crippen MR) is 166 cm³/mol. The van der Waals surface area contributed by atoms with Crippen LogP contribution in [0.4, 0.5) is 0 Å². The van der Waals surface area contributed by atoms with E-state index in [1.54, 1.807) is 26.0 Å². The number of fused-ring (bicyclic) bond motifs is 2. The highest BCUT2D eigenvalue weighted by Crippen LogP contribution is 2.50. The number of nitrogens with zero attached hydrogens (tertiary/aromatic N) is 2. The maximum absolute atomic E-state index is 13.8. The number of rotatable bonds is 11. The summed E-state index contributed by atoms with van der Waals surface area (Å²) in [5.74, 6) is -4.66. The topological polar surface area (TPSA) is 193 Å². The van der Waals surface area contributed by atoms with E-state index in [1.807, 2.05) is 0 Å². The second-order valence-electron chi connectivity index (χ2n) is 12.3. The Morgan fingerprint density at radius 3 is 1.37 bits per heavy atom. The maximum atomic E-state index is 13.8. The molecule has 0 saturated carbocycles. The van der Waals surface area contributed by atoms with Gasteiger partial charge in [-0.05, 0) is 78.4 Å². The third-order valence-electron chi connectivity index (χ3n) is 8.25. The molecule has 0 spiro atoms. The number of hydrogen-bond acceptors (Lipinski definition) is 12. The molecular weight excluding hydrogens is 596 g/mol. The number of carbonyl (C=O) groups excluding carboxylic acids is 4. The number of ketones is 2. The first-order valence-electron chi connectivity index (χ1n) is 15.2. The number of ether oxygens (including phenoxy) is 2. The molecule has 4 rings (SSSR count). The number of aromatic nitrogens is 2. The monoisotopic (exact) mass is 636 g/mol. The van der Waals surface area contributed by atoms with Crippen LogP contribution in [-0.4, -0.2) is 77.3 Å². The Kier molecular flexibility index (Phi) is 9.83. The van der Waals surface area contributed by atoms with Gasteiger partial charge in [0.1, 0.15) is 0 Å². The van der Waals surface area contributed by atoms with E-state index in [-0.39, 0.29) is 33.4 Å². The third-order valence-corrected chi connectivity index (χ3v) is 8.25. The van der Waals surface area contributed by atoms with Crippen LogP contribution in [0.3, 0.4) is 0 Å². The summed E-state index contributed by atoms with van der Waals surface area (Å²) >= 11 is 0. The average molecular weight is 637 g/mol. The Morgan fingerprint density at radius 1 is 0.717 bits per heavy atom. The van der Waals surface area contributed by atoms with Gasteiger partial charge in [0, 0.05) is 71.0 Å². The highest BCUT2D eigenvalue weighted by molar-refractivity contribution is 6.24. The number of allylic oxidation sites excluding steroid dienone is 2. The van der Waals surface area contributed by atoms with Gasteiger partial charge in [0.2, 0.25) is 22.8 Å². The smallest absolute Gasteiger partial charge is 0.304 e. The zero-order chi connectivity index (χ0) is 34.1. The normalized spacial score (nSPS) is 22.3. The molecule has 2 aliphatic carbocycles. The average Bonchev–Trinajstić information content (AvgIpc) is 2.96. The summed E-state index contributed by atoms with van der Waals surface area (Å²) in [6, 6.07) is 3.14. The fourth-order valence-corrected chi connectivity index (χ4v) is 5.94. The van der Waals surface area contributed by atoms with E-state index in [0.29, 0.717) is 49.9 Å². The van der Waals surface area contributed by atoms with Crippen molar-refractivity contribution in [1.29, 1.82) is 0 Å². The zero-order valence-electron chi connectivity index (χ0n) is 26.8. The molecule has 12 nitrogen and oxygen atoms in total. The van der Waals surface area contributed by atoms with Crippen LogP contribution in [0.5, 0.6) is 0 Å². The van der Waals surface area contributed by atoms with Crippen molar-refractivity contribution in [1.82, 2.24) is 9.97 Å². The largest absolute Gasteiger partial charge is 0.507 e. The fraction of sp³-hybridized carbons (Fsp3) is 0.471. The van der Waals surface area contributed by atoms with Crippen molar-refractivity contribution in [2.75, 3.05) is 0 Å². The molecule has 246 valence electrons. The Balaban J connectivity index is 2.05. The SMILES string of the molecule is CC(=O)O[C@]1(C)C(=O)c2cnc(CCC[C@H](C)O)cc2C(C2=C(O)[C@](C)(OC(C)=O)C(=O)c3cnc(CCC[C@H](C)O)cc32)=C1O. The first-order valence-corrected chi connectivity index (χ1v) is 15.2. The van der Waals surface area contributed by atoms with Crippen molar-refractivity contribution in [3.8, 4) is 0 Å². The number of Topliss-reactive ketones (excluding diaryl/α,β-unsaturated/α-hetero) is 2. The van der Waals surface area contributed by atoms with Crippen LogP contribution < -0.4 is 0 Å². The van der Waals surface area contributed by atoms with Crippen LogP contribution in [-0.2, 0) is 31.9 Å². The lowest BCUT2D eigenvalue weighted by atomic mass is 9.71.